The Morgan fingerprint density at radius 3 is 2.04 bits per heavy atom. The fourth-order valence-electron chi connectivity index (χ4n) is 7.40. The van der Waals surface area contributed by atoms with Gasteiger partial charge in [-0.15, -0.1) is 0 Å². The van der Waals surface area contributed by atoms with Gasteiger partial charge in [0, 0.05) is 87.4 Å². The van der Waals surface area contributed by atoms with Crippen molar-refractivity contribution in [1.82, 2.24) is 4.90 Å². The number of nitrogens with zero attached hydrogens (tertiary/aromatic N) is 1. The Labute approximate surface area is 289 Å². The van der Waals surface area contributed by atoms with Crippen molar-refractivity contribution in [2.75, 3.05) is 36.9 Å². The summed E-state index contributed by atoms with van der Waals surface area (Å²) in [6, 6.07) is 17.3. The first-order valence-corrected chi connectivity index (χ1v) is 16.5. The number of benzene rings is 3. The normalized spacial score (nSPS) is 19.9. The van der Waals surface area contributed by atoms with E-state index in [9.17, 15) is 24.0 Å². The standard InChI is InChI=1S/C39H37N3O8/c1-21-22(2)35(45)33(23(3)34(21)44)38(4,5)20-32(43)40-24-10-12-28-30(18-24)49-31-19-25(41-37(47)42-14-16-48-17-15-42)11-13-29(31)39(28)27-9-7-6-8-26(27)36(46)50-39/h6-13,18-19H,14-17,20H2,1-5H3,(H,40,43)(H,41,47). The van der Waals surface area contributed by atoms with Gasteiger partial charge in [0.2, 0.25) is 5.91 Å². The number of carbonyl (C=O) groups excluding carboxylic acids is 5. The molecule has 3 aromatic carbocycles. The van der Waals surface area contributed by atoms with E-state index in [1.807, 2.05) is 12.1 Å². The number of esters is 1. The molecule has 1 unspecified atom stereocenters. The summed E-state index contributed by atoms with van der Waals surface area (Å²) in [5, 5.41) is 5.85. The van der Waals surface area contributed by atoms with Crippen LogP contribution in [-0.4, -0.2) is 60.7 Å². The fraction of sp³-hybridized carbons (Fsp3) is 0.308. The van der Waals surface area contributed by atoms with E-state index in [0.29, 0.717) is 93.7 Å². The van der Waals surface area contributed by atoms with E-state index in [-0.39, 0.29) is 29.9 Å². The summed E-state index contributed by atoms with van der Waals surface area (Å²) in [4.78, 5) is 67.6. The van der Waals surface area contributed by atoms with Gasteiger partial charge in [0.1, 0.15) is 11.5 Å². The minimum absolute atomic E-state index is 0.0626. The number of nitrogens with one attached hydrogen (secondary N) is 2. The molecule has 0 saturated carbocycles. The second kappa shape index (κ2) is 12.1. The Hall–Kier alpha value is -5.55. The Balaban J connectivity index is 1.21. The van der Waals surface area contributed by atoms with Crippen LogP contribution in [0.5, 0.6) is 11.5 Å². The van der Waals surface area contributed by atoms with Crippen molar-refractivity contribution < 1.29 is 38.2 Å². The number of ketones is 2. The van der Waals surface area contributed by atoms with Gasteiger partial charge in [0.05, 0.1) is 18.8 Å². The van der Waals surface area contributed by atoms with Crippen molar-refractivity contribution in [3.63, 3.8) is 0 Å². The lowest BCUT2D eigenvalue weighted by atomic mass is 9.71. The smallest absolute Gasteiger partial charge is 0.340 e. The second-order valence-electron chi connectivity index (χ2n) is 13.7. The molecule has 3 aromatic rings. The van der Waals surface area contributed by atoms with Crippen LogP contribution in [0.4, 0.5) is 16.2 Å². The molecule has 11 heteroatoms. The maximum atomic E-state index is 13.5. The van der Waals surface area contributed by atoms with Gasteiger partial charge >= 0.3 is 12.0 Å². The van der Waals surface area contributed by atoms with Crippen LogP contribution in [-0.2, 0) is 29.5 Å². The molecule has 0 aromatic heterocycles. The van der Waals surface area contributed by atoms with Crippen LogP contribution in [0.15, 0.2) is 83.0 Å². The fourth-order valence-corrected chi connectivity index (χ4v) is 7.40. The van der Waals surface area contributed by atoms with Crippen molar-refractivity contribution in [3.05, 3.63) is 105 Å². The number of fused-ring (bicyclic) bond motifs is 6. The zero-order valence-electron chi connectivity index (χ0n) is 28.5. The number of Topliss-reactive ketones (excluding diaryl/α,β-unsaturated/α-hetero) is 2. The molecule has 1 atom stereocenters. The van der Waals surface area contributed by atoms with E-state index < -0.39 is 17.0 Å². The third-order valence-electron chi connectivity index (χ3n) is 10.0. The molecule has 3 amide bonds. The van der Waals surface area contributed by atoms with Crippen molar-refractivity contribution in [3.8, 4) is 11.5 Å². The lowest BCUT2D eigenvalue weighted by Gasteiger charge is -2.37. The number of urea groups is 1. The van der Waals surface area contributed by atoms with E-state index in [4.69, 9.17) is 14.2 Å². The van der Waals surface area contributed by atoms with Crippen molar-refractivity contribution in [2.45, 2.75) is 46.6 Å². The predicted molar refractivity (Wildman–Crippen MR) is 184 cm³/mol. The van der Waals surface area contributed by atoms with Gasteiger partial charge in [-0.2, -0.15) is 0 Å². The lowest BCUT2D eigenvalue weighted by Crippen LogP contribution is -2.43. The van der Waals surface area contributed by atoms with Gasteiger partial charge < -0.3 is 29.7 Å². The zero-order valence-corrected chi connectivity index (χ0v) is 28.5. The Morgan fingerprint density at radius 2 is 1.38 bits per heavy atom. The number of amides is 3. The topological polar surface area (TPSA) is 140 Å². The molecule has 0 radical (unpaired) electrons. The Morgan fingerprint density at radius 1 is 0.780 bits per heavy atom. The summed E-state index contributed by atoms with van der Waals surface area (Å²) >= 11 is 0. The maximum absolute atomic E-state index is 13.5. The highest BCUT2D eigenvalue weighted by Gasteiger charge is 2.53. The van der Waals surface area contributed by atoms with Crippen LogP contribution in [0.1, 0.15) is 68.1 Å². The number of carbonyl (C=O) groups is 5. The summed E-state index contributed by atoms with van der Waals surface area (Å²) in [5.74, 6) is -0.549. The Kier molecular flexibility index (Phi) is 7.98. The van der Waals surface area contributed by atoms with Crippen LogP contribution < -0.4 is 15.4 Å². The molecule has 2 N–H and O–H groups in total. The van der Waals surface area contributed by atoms with Crippen LogP contribution >= 0.6 is 0 Å². The molecule has 4 aliphatic rings. The first-order chi connectivity index (χ1) is 23.8. The summed E-state index contributed by atoms with van der Waals surface area (Å²) in [7, 11) is 0. The van der Waals surface area contributed by atoms with Crippen molar-refractivity contribution in [1.29, 1.82) is 0 Å². The molecule has 256 valence electrons. The molecular formula is C39H37N3O8. The highest BCUT2D eigenvalue weighted by atomic mass is 16.6. The van der Waals surface area contributed by atoms with Gasteiger partial charge in [-0.1, -0.05) is 32.0 Å². The highest BCUT2D eigenvalue weighted by Crippen LogP contribution is 2.56. The molecule has 50 heavy (non-hydrogen) atoms. The Bertz CT molecular complexity index is 2090. The molecule has 3 heterocycles. The van der Waals surface area contributed by atoms with Crippen LogP contribution in [0.3, 0.4) is 0 Å². The van der Waals surface area contributed by atoms with Crippen molar-refractivity contribution >= 4 is 40.8 Å². The minimum atomic E-state index is -1.34. The molecule has 1 saturated heterocycles. The number of allylic oxidation sites excluding steroid dienone is 4. The van der Waals surface area contributed by atoms with Gasteiger partial charge in [0.15, 0.2) is 17.2 Å². The summed E-state index contributed by atoms with van der Waals surface area (Å²) in [6.07, 6.45) is -0.0626. The number of rotatable bonds is 5. The average molecular weight is 676 g/mol. The number of morpholine rings is 1. The van der Waals surface area contributed by atoms with Crippen LogP contribution in [0, 0.1) is 5.41 Å². The minimum Gasteiger partial charge on any atom is -0.456 e. The van der Waals surface area contributed by atoms with Gasteiger partial charge in [-0.25, -0.2) is 9.59 Å². The molecule has 7 rings (SSSR count). The number of anilines is 2. The van der Waals surface area contributed by atoms with Crippen molar-refractivity contribution in [2.24, 2.45) is 5.41 Å². The third-order valence-corrected chi connectivity index (χ3v) is 10.0. The molecule has 0 bridgehead atoms. The first kappa shape index (κ1) is 33.0. The average Bonchev–Trinajstić information content (AvgIpc) is 3.38. The van der Waals surface area contributed by atoms with Crippen LogP contribution in [0.2, 0.25) is 0 Å². The molecule has 1 fully saturated rings. The molecule has 1 aliphatic carbocycles. The van der Waals surface area contributed by atoms with E-state index in [1.165, 1.54) is 0 Å². The predicted octanol–water partition coefficient (Wildman–Crippen LogP) is 6.28. The lowest BCUT2D eigenvalue weighted by molar-refractivity contribution is -0.119. The highest BCUT2D eigenvalue weighted by molar-refractivity contribution is 6.25. The monoisotopic (exact) mass is 675 g/mol. The number of ether oxygens (including phenoxy) is 3. The third kappa shape index (κ3) is 5.29. The van der Waals surface area contributed by atoms with Gasteiger partial charge in [-0.05, 0) is 51.1 Å². The summed E-state index contributed by atoms with van der Waals surface area (Å²) < 4.78 is 18.0. The van der Waals surface area contributed by atoms with E-state index in [1.54, 1.807) is 88.0 Å². The molecular weight excluding hydrogens is 638 g/mol. The van der Waals surface area contributed by atoms with Gasteiger partial charge in [-0.3, -0.25) is 14.4 Å². The SMILES string of the molecule is CC1=C(C)C(=O)C(C(C)(C)CC(=O)Nc2ccc3c(c2)Oc2cc(NC(=O)N4CCOCC4)ccc2C32OC(=O)c3ccccc32)=C(C)C1=O. The maximum Gasteiger partial charge on any atom is 0.340 e. The molecule has 11 nitrogen and oxygen atoms in total. The van der Waals surface area contributed by atoms with E-state index in [2.05, 4.69) is 10.6 Å². The largest absolute Gasteiger partial charge is 0.456 e. The number of hydrogen-bond donors (Lipinski definition) is 2. The van der Waals surface area contributed by atoms with Gasteiger partial charge in [0.25, 0.3) is 0 Å². The number of hydrogen-bond acceptors (Lipinski definition) is 8. The van der Waals surface area contributed by atoms with Crippen LogP contribution in [0.25, 0.3) is 0 Å². The summed E-state index contributed by atoms with van der Waals surface area (Å²) in [6.45, 7) is 10.4. The first-order valence-electron chi connectivity index (χ1n) is 16.5. The molecule has 1 spiro atoms. The zero-order chi connectivity index (χ0) is 35.5. The van der Waals surface area contributed by atoms with E-state index in [0.717, 1.165) is 0 Å². The van der Waals surface area contributed by atoms with E-state index >= 15 is 0 Å². The quantitative estimate of drug-likeness (QED) is 0.238. The second-order valence-corrected chi connectivity index (χ2v) is 13.7. The summed E-state index contributed by atoms with van der Waals surface area (Å²) in [5.41, 5.74) is 2.37. The molecule has 3 aliphatic heterocycles.